The highest BCUT2D eigenvalue weighted by Gasteiger charge is 2.20. The Hall–Kier alpha value is -3.91. The first-order valence-electron chi connectivity index (χ1n) is 9.80. The third-order valence-electron chi connectivity index (χ3n) is 5.01. The number of methoxy groups -OCH3 is 1. The van der Waals surface area contributed by atoms with Gasteiger partial charge in [-0.25, -0.2) is 17.8 Å². The van der Waals surface area contributed by atoms with Gasteiger partial charge < -0.3 is 4.74 Å². The minimum atomic E-state index is -3.80. The summed E-state index contributed by atoms with van der Waals surface area (Å²) in [5.41, 5.74) is 4.95. The van der Waals surface area contributed by atoms with E-state index in [9.17, 15) is 13.2 Å². The fourth-order valence-corrected chi connectivity index (χ4v) is 4.65. The highest BCUT2D eigenvalue weighted by molar-refractivity contribution is 7.90. The number of hydrogen-bond acceptors (Lipinski definition) is 5. The minimum Gasteiger partial charge on any atom is -0.497 e. The van der Waals surface area contributed by atoms with Gasteiger partial charge in [0, 0.05) is 22.7 Å². The predicted octanol–water partition coefficient (Wildman–Crippen LogP) is 3.96. The lowest BCUT2D eigenvalue weighted by Gasteiger charge is -2.07. The van der Waals surface area contributed by atoms with Crippen LogP contribution in [0.3, 0.4) is 0 Å². The van der Waals surface area contributed by atoms with Crippen molar-refractivity contribution in [2.45, 2.75) is 11.8 Å². The molecule has 4 rings (SSSR count). The molecule has 32 heavy (non-hydrogen) atoms. The van der Waals surface area contributed by atoms with Crippen LogP contribution in [0.1, 0.15) is 21.5 Å². The van der Waals surface area contributed by atoms with Gasteiger partial charge in [0.2, 0.25) is 0 Å². The molecule has 3 aromatic carbocycles. The van der Waals surface area contributed by atoms with E-state index >= 15 is 0 Å². The maximum absolute atomic E-state index is 13.2. The summed E-state index contributed by atoms with van der Waals surface area (Å²) in [6.45, 7) is 1.90. The highest BCUT2D eigenvalue weighted by atomic mass is 32.2. The summed E-state index contributed by atoms with van der Waals surface area (Å²) in [5.74, 6) is 0.257. The smallest absolute Gasteiger partial charge is 0.271 e. The number of fused-ring (bicyclic) bond motifs is 1. The second kappa shape index (κ2) is 8.68. The first-order chi connectivity index (χ1) is 15.4. The van der Waals surface area contributed by atoms with E-state index in [1.54, 1.807) is 67.8 Å². The molecule has 1 aromatic heterocycles. The Morgan fingerprint density at radius 1 is 1.00 bits per heavy atom. The molecule has 8 heteroatoms. The number of rotatable bonds is 6. The summed E-state index contributed by atoms with van der Waals surface area (Å²) in [5, 5.41) is 4.73. The third kappa shape index (κ3) is 4.13. The molecule has 1 N–H and O–H groups in total. The molecule has 0 bridgehead atoms. The molecular formula is C24H21N3O4S. The van der Waals surface area contributed by atoms with E-state index in [1.807, 2.05) is 19.1 Å². The monoisotopic (exact) mass is 447 g/mol. The van der Waals surface area contributed by atoms with E-state index in [-0.39, 0.29) is 10.8 Å². The molecule has 0 unspecified atom stereocenters. The van der Waals surface area contributed by atoms with E-state index in [0.29, 0.717) is 27.8 Å². The molecule has 0 saturated carbocycles. The summed E-state index contributed by atoms with van der Waals surface area (Å²) in [7, 11) is -2.25. The Bertz CT molecular complexity index is 1400. The molecule has 0 aliphatic rings. The molecule has 0 fully saturated rings. The van der Waals surface area contributed by atoms with Gasteiger partial charge in [0.05, 0.1) is 23.7 Å². The molecule has 0 aliphatic carbocycles. The zero-order chi connectivity index (χ0) is 22.7. The average molecular weight is 448 g/mol. The van der Waals surface area contributed by atoms with E-state index in [1.165, 1.54) is 16.4 Å². The molecule has 162 valence electrons. The summed E-state index contributed by atoms with van der Waals surface area (Å²) < 4.78 is 32.8. The molecular weight excluding hydrogens is 426 g/mol. The van der Waals surface area contributed by atoms with Crippen LogP contribution in [-0.4, -0.2) is 31.6 Å². The topological polar surface area (TPSA) is 89.8 Å². The zero-order valence-corrected chi connectivity index (χ0v) is 18.3. The Labute approximate surface area is 186 Å². The number of benzene rings is 3. The van der Waals surface area contributed by atoms with E-state index < -0.39 is 10.0 Å². The fourth-order valence-electron chi connectivity index (χ4n) is 3.27. The quantitative estimate of drug-likeness (QED) is 0.358. The van der Waals surface area contributed by atoms with Gasteiger partial charge in [0.15, 0.2) is 0 Å². The normalized spacial score (nSPS) is 11.7. The molecule has 0 saturated heterocycles. The van der Waals surface area contributed by atoms with Crippen LogP contribution < -0.4 is 10.2 Å². The summed E-state index contributed by atoms with van der Waals surface area (Å²) in [6.07, 6.45) is 2.94. The number of nitrogens with one attached hydrogen (secondary N) is 1. The van der Waals surface area contributed by atoms with Gasteiger partial charge in [-0.15, -0.1) is 0 Å². The molecule has 1 amide bonds. The standard InChI is InChI=1S/C24H21N3O4S/c1-17-7-13-21(14-8-17)32(29,30)27-16-19(22-5-3-4-6-23(22)27)15-25-26-24(28)18-9-11-20(31-2)12-10-18/h3-16H,1-2H3,(H,26,28). The summed E-state index contributed by atoms with van der Waals surface area (Å²) in [4.78, 5) is 12.5. The maximum atomic E-state index is 13.2. The van der Waals surface area contributed by atoms with Crippen molar-refractivity contribution in [1.29, 1.82) is 0 Å². The van der Waals surface area contributed by atoms with Crippen molar-refractivity contribution in [3.8, 4) is 5.75 Å². The molecule has 0 spiro atoms. The van der Waals surface area contributed by atoms with Crippen LogP contribution in [0.25, 0.3) is 10.9 Å². The van der Waals surface area contributed by atoms with Gasteiger partial charge in [0.1, 0.15) is 5.75 Å². The second-order valence-corrected chi connectivity index (χ2v) is 8.96. The number of hydrazone groups is 1. The average Bonchev–Trinajstić information content (AvgIpc) is 3.19. The third-order valence-corrected chi connectivity index (χ3v) is 6.70. The SMILES string of the molecule is COc1ccc(C(=O)NN=Cc2cn(S(=O)(=O)c3ccc(C)cc3)c3ccccc23)cc1. The van der Waals surface area contributed by atoms with Gasteiger partial charge >= 0.3 is 0 Å². The molecule has 4 aromatic rings. The van der Waals surface area contributed by atoms with Crippen LogP contribution >= 0.6 is 0 Å². The Balaban J connectivity index is 1.64. The largest absolute Gasteiger partial charge is 0.497 e. The van der Waals surface area contributed by atoms with Gasteiger partial charge in [-0.1, -0.05) is 35.9 Å². The Kier molecular flexibility index (Phi) is 5.79. The Morgan fingerprint density at radius 3 is 2.38 bits per heavy atom. The maximum Gasteiger partial charge on any atom is 0.271 e. The van der Waals surface area contributed by atoms with Gasteiger partial charge in [-0.2, -0.15) is 5.10 Å². The first-order valence-corrected chi connectivity index (χ1v) is 11.2. The molecule has 0 radical (unpaired) electrons. The minimum absolute atomic E-state index is 0.195. The van der Waals surface area contributed by atoms with Gasteiger partial charge in [-0.3, -0.25) is 4.79 Å². The van der Waals surface area contributed by atoms with Crippen molar-refractivity contribution in [3.05, 3.63) is 95.7 Å². The number of amides is 1. The number of carbonyl (C=O) groups is 1. The Morgan fingerprint density at radius 2 is 1.69 bits per heavy atom. The predicted molar refractivity (Wildman–Crippen MR) is 124 cm³/mol. The number of hydrogen-bond donors (Lipinski definition) is 1. The van der Waals surface area contributed by atoms with E-state index in [2.05, 4.69) is 10.5 Å². The number of carbonyl (C=O) groups excluding carboxylic acids is 1. The van der Waals surface area contributed by atoms with Crippen LogP contribution in [0.4, 0.5) is 0 Å². The zero-order valence-electron chi connectivity index (χ0n) is 17.5. The van der Waals surface area contributed by atoms with E-state index in [0.717, 1.165) is 5.56 Å². The first kappa shape index (κ1) is 21.3. The molecule has 0 atom stereocenters. The number of ether oxygens (including phenoxy) is 1. The van der Waals surface area contributed by atoms with Crippen molar-refractivity contribution in [3.63, 3.8) is 0 Å². The molecule has 7 nitrogen and oxygen atoms in total. The summed E-state index contributed by atoms with van der Waals surface area (Å²) >= 11 is 0. The summed E-state index contributed by atoms with van der Waals surface area (Å²) in [6, 6.07) is 20.4. The number of aromatic nitrogens is 1. The van der Waals surface area contributed by atoms with Crippen molar-refractivity contribution in [2.75, 3.05) is 7.11 Å². The van der Waals surface area contributed by atoms with Gasteiger partial charge in [0.25, 0.3) is 15.9 Å². The van der Waals surface area contributed by atoms with Crippen LogP contribution in [0.5, 0.6) is 5.75 Å². The van der Waals surface area contributed by atoms with Crippen LogP contribution in [0.2, 0.25) is 0 Å². The lowest BCUT2D eigenvalue weighted by atomic mass is 10.2. The number of nitrogens with zero attached hydrogens (tertiary/aromatic N) is 2. The second-order valence-electron chi connectivity index (χ2n) is 7.14. The fraction of sp³-hybridized carbons (Fsp3) is 0.0833. The van der Waals surface area contributed by atoms with Crippen LogP contribution in [0, 0.1) is 6.92 Å². The highest BCUT2D eigenvalue weighted by Crippen LogP contribution is 2.25. The lowest BCUT2D eigenvalue weighted by Crippen LogP contribution is -2.17. The van der Waals surface area contributed by atoms with Crippen molar-refractivity contribution >= 4 is 33.0 Å². The van der Waals surface area contributed by atoms with Crippen molar-refractivity contribution in [2.24, 2.45) is 5.10 Å². The van der Waals surface area contributed by atoms with Crippen LogP contribution in [-0.2, 0) is 10.0 Å². The molecule has 0 aliphatic heterocycles. The van der Waals surface area contributed by atoms with E-state index in [4.69, 9.17) is 4.74 Å². The number of aryl methyl sites for hydroxylation is 1. The van der Waals surface area contributed by atoms with Crippen molar-refractivity contribution < 1.29 is 17.9 Å². The van der Waals surface area contributed by atoms with Gasteiger partial charge in [-0.05, 0) is 49.4 Å². The lowest BCUT2D eigenvalue weighted by molar-refractivity contribution is 0.0955. The number of para-hydroxylation sites is 1. The van der Waals surface area contributed by atoms with Crippen LogP contribution in [0.15, 0.2) is 89.0 Å². The molecule has 1 heterocycles. The van der Waals surface area contributed by atoms with Crippen molar-refractivity contribution in [1.82, 2.24) is 9.40 Å².